The molecule has 1 unspecified atom stereocenters. The van der Waals surface area contributed by atoms with Gasteiger partial charge in [0.1, 0.15) is 12.6 Å². The Kier molecular flexibility index (Phi) is 7.33. The molecule has 8 nitrogen and oxygen atoms in total. The fraction of sp³-hybridized carbons (Fsp3) is 0.192. The van der Waals surface area contributed by atoms with Gasteiger partial charge < -0.3 is 20.3 Å². The fourth-order valence-corrected chi connectivity index (χ4v) is 4.30. The minimum Gasteiger partial charge on any atom is -0.480 e. The molecule has 2 amide bonds. The molecule has 0 spiro atoms. The fourth-order valence-electron chi connectivity index (χ4n) is 4.13. The standard InChI is InChI=1S/C26H23ClN2O6/c27-21-10-9-15(24(31)28-22(11-12-30)25(32)33)13-23(21)29-26(34)35-14-20-18-7-3-1-5-16(18)17-6-2-4-8-19(17)20/h1-10,13,20,22,30H,11-12,14H2,(H,28,31)(H,29,34)(H,32,33). The molecule has 35 heavy (non-hydrogen) atoms. The van der Waals surface area contributed by atoms with Gasteiger partial charge in [-0.1, -0.05) is 60.1 Å². The van der Waals surface area contributed by atoms with Gasteiger partial charge in [-0.25, -0.2) is 9.59 Å². The van der Waals surface area contributed by atoms with Crippen LogP contribution in [-0.2, 0) is 9.53 Å². The molecule has 0 radical (unpaired) electrons. The largest absolute Gasteiger partial charge is 0.480 e. The first-order valence-electron chi connectivity index (χ1n) is 10.9. The summed E-state index contributed by atoms with van der Waals surface area (Å²) in [6.45, 7) is -0.286. The average Bonchev–Trinajstić information content (AvgIpc) is 3.17. The maximum absolute atomic E-state index is 12.6. The molecule has 0 heterocycles. The highest BCUT2D eigenvalue weighted by Gasteiger charge is 2.29. The molecule has 3 aromatic rings. The van der Waals surface area contributed by atoms with Gasteiger partial charge in [0.2, 0.25) is 0 Å². The SMILES string of the molecule is O=C(Nc1cc(C(=O)NC(CCO)C(=O)O)ccc1Cl)OCC1c2ccccc2-c2ccccc21. The van der Waals surface area contributed by atoms with E-state index in [2.05, 4.69) is 10.6 Å². The molecule has 3 aromatic carbocycles. The van der Waals surface area contributed by atoms with Gasteiger partial charge in [-0.3, -0.25) is 10.1 Å². The molecule has 1 atom stereocenters. The highest BCUT2D eigenvalue weighted by molar-refractivity contribution is 6.33. The van der Waals surface area contributed by atoms with Crippen molar-refractivity contribution >= 4 is 35.3 Å². The summed E-state index contributed by atoms with van der Waals surface area (Å²) in [6, 6.07) is 18.8. The van der Waals surface area contributed by atoms with Gasteiger partial charge >= 0.3 is 12.1 Å². The van der Waals surface area contributed by atoms with Crippen LogP contribution in [-0.4, -0.2) is 47.4 Å². The van der Waals surface area contributed by atoms with Crippen LogP contribution in [0.15, 0.2) is 66.7 Å². The van der Waals surface area contributed by atoms with Crippen molar-refractivity contribution in [2.75, 3.05) is 18.5 Å². The molecule has 0 bridgehead atoms. The third-order valence-corrected chi connectivity index (χ3v) is 6.16. The van der Waals surface area contributed by atoms with Crippen molar-refractivity contribution in [3.8, 4) is 11.1 Å². The van der Waals surface area contributed by atoms with Crippen LogP contribution in [0.5, 0.6) is 0 Å². The molecule has 4 rings (SSSR count). The van der Waals surface area contributed by atoms with Crippen molar-refractivity contribution in [1.29, 1.82) is 0 Å². The smallest absolute Gasteiger partial charge is 0.411 e. The third kappa shape index (κ3) is 5.29. The number of hydrogen-bond acceptors (Lipinski definition) is 5. The van der Waals surface area contributed by atoms with Crippen LogP contribution in [0, 0.1) is 0 Å². The van der Waals surface area contributed by atoms with Crippen molar-refractivity contribution < 1.29 is 29.3 Å². The zero-order valence-electron chi connectivity index (χ0n) is 18.5. The topological polar surface area (TPSA) is 125 Å². The monoisotopic (exact) mass is 494 g/mol. The van der Waals surface area contributed by atoms with E-state index >= 15 is 0 Å². The van der Waals surface area contributed by atoms with Gasteiger partial charge in [0, 0.05) is 24.5 Å². The number of aliphatic hydroxyl groups excluding tert-OH is 1. The number of carboxylic acids is 1. The summed E-state index contributed by atoms with van der Waals surface area (Å²) in [5.74, 6) is -2.06. The van der Waals surface area contributed by atoms with E-state index in [4.69, 9.17) is 26.6 Å². The van der Waals surface area contributed by atoms with Crippen molar-refractivity contribution in [3.63, 3.8) is 0 Å². The molecular formula is C26H23ClN2O6. The molecule has 4 N–H and O–H groups in total. The number of amides is 2. The van der Waals surface area contributed by atoms with Crippen LogP contribution >= 0.6 is 11.6 Å². The van der Waals surface area contributed by atoms with E-state index in [-0.39, 0.29) is 35.2 Å². The van der Waals surface area contributed by atoms with E-state index < -0.39 is 30.6 Å². The highest BCUT2D eigenvalue weighted by atomic mass is 35.5. The van der Waals surface area contributed by atoms with E-state index in [9.17, 15) is 14.4 Å². The molecule has 0 saturated heterocycles. The van der Waals surface area contributed by atoms with Crippen LogP contribution in [0.3, 0.4) is 0 Å². The van der Waals surface area contributed by atoms with Gasteiger partial charge in [0.15, 0.2) is 0 Å². The molecule has 180 valence electrons. The van der Waals surface area contributed by atoms with Crippen LogP contribution in [0.1, 0.15) is 33.8 Å². The summed E-state index contributed by atoms with van der Waals surface area (Å²) < 4.78 is 5.51. The Balaban J connectivity index is 1.43. The second-order valence-electron chi connectivity index (χ2n) is 8.02. The highest BCUT2D eigenvalue weighted by Crippen LogP contribution is 2.44. The maximum Gasteiger partial charge on any atom is 0.411 e. The number of halogens is 1. The van der Waals surface area contributed by atoms with Crippen LogP contribution in [0.4, 0.5) is 10.5 Å². The zero-order valence-corrected chi connectivity index (χ0v) is 19.3. The zero-order chi connectivity index (χ0) is 24.9. The number of carboxylic acid groups (broad SMARTS) is 1. The second kappa shape index (κ2) is 10.6. The molecule has 1 aliphatic carbocycles. The number of anilines is 1. The maximum atomic E-state index is 12.6. The third-order valence-electron chi connectivity index (χ3n) is 5.83. The molecule has 0 fully saturated rings. The van der Waals surface area contributed by atoms with Crippen LogP contribution < -0.4 is 10.6 Å². The normalized spacial score (nSPS) is 12.9. The summed E-state index contributed by atoms with van der Waals surface area (Å²) in [6.07, 6.45) is -0.880. The quantitative estimate of drug-likeness (QED) is 0.370. The lowest BCUT2D eigenvalue weighted by atomic mass is 9.98. The Morgan fingerprint density at radius 1 is 0.971 bits per heavy atom. The number of carbonyl (C=O) groups is 3. The number of nitrogens with one attached hydrogen (secondary N) is 2. The van der Waals surface area contributed by atoms with E-state index in [0.29, 0.717) is 0 Å². The molecular weight excluding hydrogens is 472 g/mol. The van der Waals surface area contributed by atoms with Crippen molar-refractivity contribution in [3.05, 3.63) is 88.4 Å². The van der Waals surface area contributed by atoms with Gasteiger partial charge in [-0.15, -0.1) is 0 Å². The molecule has 9 heteroatoms. The Morgan fingerprint density at radius 3 is 2.20 bits per heavy atom. The summed E-state index contributed by atoms with van der Waals surface area (Å²) in [5.41, 5.74) is 4.61. The van der Waals surface area contributed by atoms with Gasteiger partial charge in [0.05, 0.1) is 10.7 Å². The van der Waals surface area contributed by atoms with Gasteiger partial charge in [0.25, 0.3) is 5.91 Å². The Morgan fingerprint density at radius 2 is 1.60 bits per heavy atom. The minimum atomic E-state index is -1.27. The average molecular weight is 495 g/mol. The van der Waals surface area contributed by atoms with Gasteiger partial charge in [-0.05, 0) is 40.5 Å². The Labute approximate surface area is 206 Å². The van der Waals surface area contributed by atoms with Gasteiger partial charge in [-0.2, -0.15) is 0 Å². The molecule has 0 aromatic heterocycles. The second-order valence-corrected chi connectivity index (χ2v) is 8.43. The van der Waals surface area contributed by atoms with E-state index in [0.717, 1.165) is 22.3 Å². The predicted molar refractivity (Wildman–Crippen MR) is 131 cm³/mol. The lowest BCUT2D eigenvalue weighted by molar-refractivity contribution is -0.139. The van der Waals surface area contributed by atoms with E-state index in [1.807, 2.05) is 48.5 Å². The first kappa shape index (κ1) is 24.3. The first-order chi connectivity index (χ1) is 16.9. The number of rotatable bonds is 8. The molecule has 0 aliphatic heterocycles. The number of aliphatic hydroxyl groups is 1. The molecule has 0 saturated carbocycles. The van der Waals surface area contributed by atoms with E-state index in [1.165, 1.54) is 18.2 Å². The molecule has 1 aliphatic rings. The number of aliphatic carboxylic acids is 1. The van der Waals surface area contributed by atoms with Crippen LogP contribution in [0.2, 0.25) is 5.02 Å². The summed E-state index contributed by atoms with van der Waals surface area (Å²) in [7, 11) is 0. The summed E-state index contributed by atoms with van der Waals surface area (Å²) in [4.78, 5) is 36.3. The summed E-state index contributed by atoms with van der Waals surface area (Å²) in [5, 5.41) is 23.2. The lowest BCUT2D eigenvalue weighted by Crippen LogP contribution is -2.41. The Hall–Kier alpha value is -3.88. The number of benzene rings is 3. The number of ether oxygens (including phenoxy) is 1. The number of carbonyl (C=O) groups excluding carboxylic acids is 2. The first-order valence-corrected chi connectivity index (χ1v) is 11.3. The van der Waals surface area contributed by atoms with Crippen molar-refractivity contribution in [2.45, 2.75) is 18.4 Å². The number of hydrogen-bond donors (Lipinski definition) is 4. The van der Waals surface area contributed by atoms with Crippen molar-refractivity contribution in [2.24, 2.45) is 0 Å². The summed E-state index contributed by atoms with van der Waals surface area (Å²) >= 11 is 6.18. The van der Waals surface area contributed by atoms with Crippen molar-refractivity contribution in [1.82, 2.24) is 5.32 Å². The minimum absolute atomic E-state index is 0.0903. The Bertz CT molecular complexity index is 1230. The number of fused-ring (bicyclic) bond motifs is 3. The lowest BCUT2D eigenvalue weighted by Gasteiger charge is -2.16. The van der Waals surface area contributed by atoms with Crippen LogP contribution in [0.25, 0.3) is 11.1 Å². The predicted octanol–water partition coefficient (Wildman–Crippen LogP) is 4.27. The van der Waals surface area contributed by atoms with E-state index in [1.54, 1.807) is 0 Å².